The summed E-state index contributed by atoms with van der Waals surface area (Å²) in [4.78, 5) is 0. The van der Waals surface area contributed by atoms with Gasteiger partial charge in [0.05, 0.1) is 6.61 Å². The molecule has 14 heavy (non-hydrogen) atoms. The normalized spacial score (nSPS) is 44.4. The Morgan fingerprint density at radius 2 is 1.93 bits per heavy atom. The van der Waals surface area contributed by atoms with E-state index < -0.39 is 24.1 Å². The van der Waals surface area contributed by atoms with Gasteiger partial charge in [0.15, 0.2) is 5.79 Å². The molecule has 84 valence electrons. The number of hydrogen-bond donors (Lipinski definition) is 4. The van der Waals surface area contributed by atoms with E-state index in [1.807, 2.05) is 13.8 Å². The van der Waals surface area contributed by atoms with Gasteiger partial charge < -0.3 is 25.2 Å². The van der Waals surface area contributed by atoms with Gasteiger partial charge in [-0.2, -0.15) is 0 Å². The van der Waals surface area contributed by atoms with E-state index in [9.17, 15) is 15.3 Å². The smallest absolute Gasteiger partial charge is 0.194 e. The first-order valence-corrected chi connectivity index (χ1v) is 4.77. The highest BCUT2D eigenvalue weighted by molar-refractivity contribution is 4.91. The Bertz CT molecular complexity index is 196. The predicted molar refractivity (Wildman–Crippen MR) is 48.4 cm³/mol. The van der Waals surface area contributed by atoms with Gasteiger partial charge in [-0.05, 0) is 5.92 Å². The highest BCUT2D eigenvalue weighted by Crippen LogP contribution is 2.29. The molecule has 1 aliphatic rings. The molecule has 4 atom stereocenters. The van der Waals surface area contributed by atoms with Gasteiger partial charge in [-0.25, -0.2) is 0 Å². The molecule has 0 aliphatic carbocycles. The summed E-state index contributed by atoms with van der Waals surface area (Å²) < 4.78 is 4.97. The second-order valence-corrected chi connectivity index (χ2v) is 4.26. The Labute approximate surface area is 82.9 Å². The van der Waals surface area contributed by atoms with Crippen LogP contribution in [0, 0.1) is 5.92 Å². The molecule has 1 aliphatic heterocycles. The van der Waals surface area contributed by atoms with Gasteiger partial charge in [0.2, 0.25) is 0 Å². The molecule has 0 aromatic rings. The Hall–Kier alpha value is -0.200. The zero-order valence-electron chi connectivity index (χ0n) is 8.42. The van der Waals surface area contributed by atoms with Gasteiger partial charge in [-0.3, -0.25) is 0 Å². The summed E-state index contributed by atoms with van der Waals surface area (Å²) in [5, 5.41) is 37.9. The van der Waals surface area contributed by atoms with Crippen LogP contribution < -0.4 is 0 Å². The Morgan fingerprint density at radius 3 is 2.43 bits per heavy atom. The summed E-state index contributed by atoms with van der Waals surface area (Å²) in [5.41, 5.74) is 0. The minimum Gasteiger partial charge on any atom is -0.388 e. The van der Waals surface area contributed by atoms with Crippen LogP contribution in [0.4, 0.5) is 0 Å². The molecule has 4 N–H and O–H groups in total. The van der Waals surface area contributed by atoms with Gasteiger partial charge in [0.1, 0.15) is 18.3 Å². The van der Waals surface area contributed by atoms with Gasteiger partial charge in [-0.15, -0.1) is 0 Å². The van der Waals surface area contributed by atoms with Gasteiger partial charge in [0.25, 0.3) is 0 Å². The second kappa shape index (κ2) is 4.12. The lowest BCUT2D eigenvalue weighted by Gasteiger charge is -2.42. The van der Waals surface area contributed by atoms with Gasteiger partial charge >= 0.3 is 0 Å². The molecule has 0 spiro atoms. The lowest BCUT2D eigenvalue weighted by Crippen LogP contribution is -2.61. The third kappa shape index (κ3) is 2.24. The van der Waals surface area contributed by atoms with E-state index in [1.54, 1.807) is 0 Å². The first-order valence-electron chi connectivity index (χ1n) is 4.77. The van der Waals surface area contributed by atoms with Crippen molar-refractivity contribution >= 4 is 0 Å². The molecular formula is C9H18O5. The number of ether oxygens (including phenoxy) is 1. The van der Waals surface area contributed by atoms with Crippen molar-refractivity contribution in [1.82, 2.24) is 0 Å². The SMILES string of the molecule is CC(C)C[C@@]1(O)OC[C@@H](O)[C@H](O)[C@H]1O. The molecule has 5 nitrogen and oxygen atoms in total. The molecule has 5 heteroatoms. The molecule has 1 heterocycles. The van der Waals surface area contributed by atoms with E-state index in [2.05, 4.69) is 0 Å². The zero-order chi connectivity index (χ0) is 10.9. The quantitative estimate of drug-likeness (QED) is 0.457. The summed E-state index contributed by atoms with van der Waals surface area (Å²) in [6, 6.07) is 0. The van der Waals surface area contributed by atoms with Crippen molar-refractivity contribution in [3.05, 3.63) is 0 Å². The van der Waals surface area contributed by atoms with Crippen molar-refractivity contribution in [2.24, 2.45) is 5.92 Å². The molecule has 0 aromatic heterocycles. The van der Waals surface area contributed by atoms with Crippen molar-refractivity contribution in [3.8, 4) is 0 Å². The maximum atomic E-state index is 9.86. The molecule has 0 saturated carbocycles. The van der Waals surface area contributed by atoms with Crippen LogP contribution in [0.1, 0.15) is 20.3 Å². The molecule has 1 fully saturated rings. The fraction of sp³-hybridized carbons (Fsp3) is 1.00. The number of aliphatic hydroxyl groups excluding tert-OH is 3. The first-order chi connectivity index (χ1) is 6.37. The summed E-state index contributed by atoms with van der Waals surface area (Å²) in [5.74, 6) is -1.62. The average molecular weight is 206 g/mol. The molecule has 1 saturated heterocycles. The Balaban J connectivity index is 2.69. The summed E-state index contributed by atoms with van der Waals surface area (Å²) in [6.07, 6.45) is -3.74. The van der Waals surface area contributed by atoms with E-state index in [0.29, 0.717) is 0 Å². The lowest BCUT2D eigenvalue weighted by atomic mass is 9.90. The maximum Gasteiger partial charge on any atom is 0.194 e. The third-order valence-corrected chi connectivity index (χ3v) is 2.38. The summed E-state index contributed by atoms with van der Waals surface area (Å²) in [6.45, 7) is 3.57. The fourth-order valence-corrected chi connectivity index (χ4v) is 1.66. The van der Waals surface area contributed by atoms with Crippen LogP contribution in [-0.4, -0.2) is 51.1 Å². The highest BCUT2D eigenvalue weighted by atomic mass is 16.6. The summed E-state index contributed by atoms with van der Waals surface area (Å²) in [7, 11) is 0. The molecule has 1 rings (SSSR count). The molecule has 0 bridgehead atoms. The van der Waals surface area contributed by atoms with Gasteiger partial charge in [0, 0.05) is 6.42 Å². The van der Waals surface area contributed by atoms with E-state index in [4.69, 9.17) is 9.84 Å². The molecular weight excluding hydrogens is 188 g/mol. The van der Waals surface area contributed by atoms with Crippen LogP contribution in [0.25, 0.3) is 0 Å². The van der Waals surface area contributed by atoms with Crippen molar-refractivity contribution < 1.29 is 25.2 Å². The van der Waals surface area contributed by atoms with Crippen molar-refractivity contribution in [3.63, 3.8) is 0 Å². The largest absolute Gasteiger partial charge is 0.388 e. The standard InChI is InChI=1S/C9H18O5/c1-5(2)3-9(13)8(12)7(11)6(10)4-14-9/h5-8,10-13H,3-4H2,1-2H3/t6-,7+,8-,9-/m1/s1. The van der Waals surface area contributed by atoms with Crippen LogP contribution in [0.15, 0.2) is 0 Å². The monoisotopic (exact) mass is 206 g/mol. The number of hydrogen-bond acceptors (Lipinski definition) is 5. The topological polar surface area (TPSA) is 90.2 Å². The van der Waals surface area contributed by atoms with Crippen molar-refractivity contribution in [1.29, 1.82) is 0 Å². The van der Waals surface area contributed by atoms with E-state index >= 15 is 0 Å². The average Bonchev–Trinajstić information content (AvgIpc) is 2.08. The Kier molecular flexibility index (Phi) is 3.49. The van der Waals surface area contributed by atoms with Crippen LogP contribution in [-0.2, 0) is 4.74 Å². The second-order valence-electron chi connectivity index (χ2n) is 4.26. The zero-order valence-corrected chi connectivity index (χ0v) is 8.42. The highest BCUT2D eigenvalue weighted by Gasteiger charge is 2.48. The van der Waals surface area contributed by atoms with E-state index in [0.717, 1.165) is 0 Å². The molecule has 0 unspecified atom stereocenters. The van der Waals surface area contributed by atoms with Crippen LogP contribution >= 0.6 is 0 Å². The lowest BCUT2D eigenvalue weighted by molar-refractivity contribution is -0.326. The van der Waals surface area contributed by atoms with E-state index in [1.165, 1.54) is 0 Å². The van der Waals surface area contributed by atoms with Gasteiger partial charge in [-0.1, -0.05) is 13.8 Å². The number of rotatable bonds is 2. The van der Waals surface area contributed by atoms with Crippen LogP contribution in [0.3, 0.4) is 0 Å². The van der Waals surface area contributed by atoms with Crippen LogP contribution in [0.5, 0.6) is 0 Å². The molecule has 0 aromatic carbocycles. The first kappa shape index (κ1) is 11.9. The molecule has 0 amide bonds. The van der Waals surface area contributed by atoms with Crippen molar-refractivity contribution in [2.75, 3.05) is 6.61 Å². The molecule has 0 radical (unpaired) electrons. The number of aliphatic hydroxyl groups is 4. The van der Waals surface area contributed by atoms with E-state index in [-0.39, 0.29) is 18.9 Å². The van der Waals surface area contributed by atoms with Crippen molar-refractivity contribution in [2.45, 2.75) is 44.4 Å². The summed E-state index contributed by atoms with van der Waals surface area (Å²) >= 11 is 0. The Morgan fingerprint density at radius 1 is 1.36 bits per heavy atom. The predicted octanol–water partition coefficient (Wildman–Crippen LogP) is -1.17. The minimum atomic E-state index is -1.74. The third-order valence-electron chi connectivity index (χ3n) is 2.38. The maximum absolute atomic E-state index is 9.86. The fourth-order valence-electron chi connectivity index (χ4n) is 1.66. The van der Waals surface area contributed by atoms with Crippen LogP contribution in [0.2, 0.25) is 0 Å². The minimum absolute atomic E-state index is 0.122.